The summed E-state index contributed by atoms with van der Waals surface area (Å²) in [6.45, 7) is 0.228. The van der Waals surface area contributed by atoms with Gasteiger partial charge in [0.2, 0.25) is 0 Å². The third kappa shape index (κ3) is 1.53. The molecule has 2 nitrogen and oxygen atoms in total. The molecule has 0 unspecified atom stereocenters. The van der Waals surface area contributed by atoms with Gasteiger partial charge >= 0.3 is 0 Å². The van der Waals surface area contributed by atoms with Crippen LogP contribution in [0.15, 0.2) is 12.2 Å². The molecule has 0 aromatic heterocycles. The summed E-state index contributed by atoms with van der Waals surface area (Å²) < 4.78 is 0. The van der Waals surface area contributed by atoms with E-state index >= 15 is 0 Å². The minimum atomic E-state index is 0.0868. The average Bonchev–Trinajstić information content (AvgIpc) is 1.89. The SMILES string of the molecule is N[C@H]1C=CCC[C@H]1CO. The van der Waals surface area contributed by atoms with Crippen molar-refractivity contribution >= 4 is 0 Å². The maximum Gasteiger partial charge on any atom is 0.0477 e. The van der Waals surface area contributed by atoms with Crippen molar-refractivity contribution in [1.82, 2.24) is 0 Å². The molecule has 1 aliphatic rings. The van der Waals surface area contributed by atoms with Gasteiger partial charge in [0.05, 0.1) is 0 Å². The van der Waals surface area contributed by atoms with Crippen LogP contribution >= 0.6 is 0 Å². The standard InChI is InChI=1S/C7H13NO/c8-7-4-2-1-3-6(7)5-9/h2,4,6-7,9H,1,3,5,8H2/t6-,7-/m0/s1. The van der Waals surface area contributed by atoms with Crippen molar-refractivity contribution in [2.24, 2.45) is 11.7 Å². The van der Waals surface area contributed by atoms with Gasteiger partial charge in [-0.3, -0.25) is 0 Å². The van der Waals surface area contributed by atoms with Crippen LogP contribution in [0.4, 0.5) is 0 Å². The minimum absolute atomic E-state index is 0.0868. The van der Waals surface area contributed by atoms with Crippen LogP contribution in [0.1, 0.15) is 12.8 Å². The molecule has 0 aliphatic heterocycles. The van der Waals surface area contributed by atoms with E-state index in [4.69, 9.17) is 10.8 Å². The minimum Gasteiger partial charge on any atom is -0.396 e. The predicted molar refractivity (Wildman–Crippen MR) is 36.9 cm³/mol. The molecule has 0 saturated heterocycles. The summed E-state index contributed by atoms with van der Waals surface area (Å²) in [6, 6.07) is 0.0868. The molecular weight excluding hydrogens is 114 g/mol. The summed E-state index contributed by atoms with van der Waals surface area (Å²) in [4.78, 5) is 0. The molecule has 0 spiro atoms. The summed E-state index contributed by atoms with van der Waals surface area (Å²) >= 11 is 0. The summed E-state index contributed by atoms with van der Waals surface area (Å²) in [5.41, 5.74) is 5.64. The van der Waals surface area contributed by atoms with Gasteiger partial charge in [0.25, 0.3) is 0 Å². The lowest BCUT2D eigenvalue weighted by Gasteiger charge is -2.21. The van der Waals surface area contributed by atoms with Crippen molar-refractivity contribution in [1.29, 1.82) is 0 Å². The fraction of sp³-hybridized carbons (Fsp3) is 0.714. The summed E-state index contributed by atoms with van der Waals surface area (Å²) in [7, 11) is 0. The Bertz CT molecular complexity index is 111. The first-order valence-corrected chi connectivity index (χ1v) is 3.37. The molecule has 9 heavy (non-hydrogen) atoms. The third-order valence-corrected chi connectivity index (χ3v) is 1.84. The smallest absolute Gasteiger partial charge is 0.0477 e. The Kier molecular flexibility index (Phi) is 2.25. The molecule has 2 atom stereocenters. The second-order valence-electron chi connectivity index (χ2n) is 2.53. The number of aliphatic hydroxyl groups is 1. The van der Waals surface area contributed by atoms with Crippen LogP contribution in [0.3, 0.4) is 0 Å². The van der Waals surface area contributed by atoms with E-state index in [0.29, 0.717) is 5.92 Å². The predicted octanol–water partition coefficient (Wildman–Crippen LogP) is 0.272. The van der Waals surface area contributed by atoms with E-state index in [1.54, 1.807) is 0 Å². The van der Waals surface area contributed by atoms with Gasteiger partial charge in [0.1, 0.15) is 0 Å². The Labute approximate surface area is 55.4 Å². The molecule has 2 heteroatoms. The van der Waals surface area contributed by atoms with Gasteiger partial charge in [0.15, 0.2) is 0 Å². The molecule has 0 aromatic rings. The molecule has 0 fully saturated rings. The van der Waals surface area contributed by atoms with Gasteiger partial charge in [0, 0.05) is 18.6 Å². The molecule has 0 saturated carbocycles. The fourth-order valence-electron chi connectivity index (χ4n) is 1.13. The van der Waals surface area contributed by atoms with E-state index in [1.807, 2.05) is 6.08 Å². The summed E-state index contributed by atoms with van der Waals surface area (Å²) in [6.07, 6.45) is 6.16. The van der Waals surface area contributed by atoms with E-state index in [1.165, 1.54) is 0 Å². The van der Waals surface area contributed by atoms with Crippen molar-refractivity contribution in [2.45, 2.75) is 18.9 Å². The molecule has 0 radical (unpaired) electrons. The highest BCUT2D eigenvalue weighted by Crippen LogP contribution is 2.15. The lowest BCUT2D eigenvalue weighted by Crippen LogP contribution is -2.32. The molecule has 1 aliphatic carbocycles. The van der Waals surface area contributed by atoms with E-state index in [0.717, 1.165) is 12.8 Å². The van der Waals surface area contributed by atoms with Gasteiger partial charge in [-0.25, -0.2) is 0 Å². The molecule has 52 valence electrons. The number of hydrogen-bond donors (Lipinski definition) is 2. The quantitative estimate of drug-likeness (QED) is 0.497. The van der Waals surface area contributed by atoms with Crippen molar-refractivity contribution in [3.05, 3.63) is 12.2 Å². The summed E-state index contributed by atoms with van der Waals surface area (Å²) in [5.74, 6) is 0.301. The second-order valence-corrected chi connectivity index (χ2v) is 2.53. The zero-order chi connectivity index (χ0) is 6.69. The number of nitrogens with two attached hydrogens (primary N) is 1. The van der Waals surface area contributed by atoms with E-state index in [-0.39, 0.29) is 12.6 Å². The first-order chi connectivity index (χ1) is 4.34. The maximum atomic E-state index is 8.75. The molecule has 1 rings (SSSR count). The van der Waals surface area contributed by atoms with Crippen LogP contribution in [0.2, 0.25) is 0 Å². The number of hydrogen-bond acceptors (Lipinski definition) is 2. The Balaban J connectivity index is 2.44. The first-order valence-electron chi connectivity index (χ1n) is 3.37. The Morgan fingerprint density at radius 2 is 2.44 bits per heavy atom. The fourth-order valence-corrected chi connectivity index (χ4v) is 1.13. The number of aliphatic hydroxyl groups excluding tert-OH is 1. The van der Waals surface area contributed by atoms with Gasteiger partial charge in [-0.1, -0.05) is 12.2 Å². The van der Waals surface area contributed by atoms with E-state index in [2.05, 4.69) is 6.08 Å². The Morgan fingerprint density at radius 1 is 1.67 bits per heavy atom. The Hall–Kier alpha value is -0.340. The molecule has 0 amide bonds. The highest BCUT2D eigenvalue weighted by Gasteiger charge is 2.15. The van der Waals surface area contributed by atoms with Crippen molar-refractivity contribution in [3.8, 4) is 0 Å². The van der Waals surface area contributed by atoms with Crippen LogP contribution in [0, 0.1) is 5.92 Å². The highest BCUT2D eigenvalue weighted by molar-refractivity contribution is 4.99. The van der Waals surface area contributed by atoms with Crippen LogP contribution in [-0.4, -0.2) is 17.8 Å². The topological polar surface area (TPSA) is 46.2 Å². The number of allylic oxidation sites excluding steroid dienone is 1. The van der Waals surface area contributed by atoms with Crippen LogP contribution < -0.4 is 5.73 Å². The second kappa shape index (κ2) is 2.99. The van der Waals surface area contributed by atoms with Crippen molar-refractivity contribution in [3.63, 3.8) is 0 Å². The highest BCUT2D eigenvalue weighted by atomic mass is 16.3. The number of rotatable bonds is 1. The molecular formula is C7H13NO. The lowest BCUT2D eigenvalue weighted by atomic mass is 9.91. The zero-order valence-electron chi connectivity index (χ0n) is 5.46. The van der Waals surface area contributed by atoms with E-state index in [9.17, 15) is 0 Å². The van der Waals surface area contributed by atoms with Gasteiger partial charge in [-0.2, -0.15) is 0 Å². The van der Waals surface area contributed by atoms with Crippen molar-refractivity contribution < 1.29 is 5.11 Å². The van der Waals surface area contributed by atoms with Crippen molar-refractivity contribution in [2.75, 3.05) is 6.61 Å². The third-order valence-electron chi connectivity index (χ3n) is 1.84. The Morgan fingerprint density at radius 3 is 2.89 bits per heavy atom. The van der Waals surface area contributed by atoms with Gasteiger partial charge < -0.3 is 10.8 Å². The zero-order valence-corrected chi connectivity index (χ0v) is 5.46. The summed E-state index contributed by atoms with van der Waals surface area (Å²) in [5, 5.41) is 8.75. The first kappa shape index (κ1) is 6.78. The molecule has 0 bridgehead atoms. The largest absolute Gasteiger partial charge is 0.396 e. The molecule has 0 aromatic carbocycles. The van der Waals surface area contributed by atoms with Crippen LogP contribution in [-0.2, 0) is 0 Å². The molecule has 3 N–H and O–H groups in total. The van der Waals surface area contributed by atoms with Gasteiger partial charge in [-0.15, -0.1) is 0 Å². The van der Waals surface area contributed by atoms with Crippen LogP contribution in [0.5, 0.6) is 0 Å². The maximum absolute atomic E-state index is 8.75. The van der Waals surface area contributed by atoms with Crippen LogP contribution in [0.25, 0.3) is 0 Å². The van der Waals surface area contributed by atoms with Gasteiger partial charge in [-0.05, 0) is 12.8 Å². The lowest BCUT2D eigenvalue weighted by molar-refractivity contribution is 0.205. The average molecular weight is 127 g/mol. The monoisotopic (exact) mass is 127 g/mol. The normalized spacial score (nSPS) is 34.9. The molecule has 0 heterocycles. The van der Waals surface area contributed by atoms with E-state index < -0.39 is 0 Å².